The minimum atomic E-state index is -0.420. The fourth-order valence-corrected chi connectivity index (χ4v) is 3.13. The lowest BCUT2D eigenvalue weighted by atomic mass is 10.1. The number of hydrogen-bond acceptors (Lipinski definition) is 4. The van der Waals surface area contributed by atoms with Crippen LogP contribution in [0.2, 0.25) is 0 Å². The summed E-state index contributed by atoms with van der Waals surface area (Å²) in [6.07, 6.45) is 0. The van der Waals surface area contributed by atoms with Gasteiger partial charge in [-0.15, -0.1) is 0 Å². The van der Waals surface area contributed by atoms with E-state index in [0.29, 0.717) is 17.7 Å². The van der Waals surface area contributed by atoms with E-state index in [9.17, 15) is 9.90 Å². The highest BCUT2D eigenvalue weighted by atomic mass is 16.4. The molecule has 1 aromatic heterocycles. The van der Waals surface area contributed by atoms with E-state index in [1.54, 1.807) is 19.1 Å². The first kappa shape index (κ1) is 15.3. The molecule has 124 valence electrons. The monoisotopic (exact) mass is 331 g/mol. The van der Waals surface area contributed by atoms with Crippen molar-refractivity contribution in [1.82, 2.24) is 0 Å². The van der Waals surface area contributed by atoms with Crippen LogP contribution in [0.25, 0.3) is 21.7 Å². The molecule has 0 fully saturated rings. The van der Waals surface area contributed by atoms with Crippen LogP contribution in [0.15, 0.2) is 69.9 Å². The van der Waals surface area contributed by atoms with Crippen LogP contribution in [0.1, 0.15) is 11.1 Å². The lowest BCUT2D eigenvalue weighted by Gasteiger charge is -2.12. The van der Waals surface area contributed by atoms with Gasteiger partial charge in [0, 0.05) is 34.6 Å². The van der Waals surface area contributed by atoms with E-state index in [1.165, 1.54) is 6.07 Å². The smallest absolute Gasteiger partial charge is 0.336 e. The highest BCUT2D eigenvalue weighted by Crippen LogP contribution is 2.28. The first-order chi connectivity index (χ1) is 12.1. The molecule has 4 nitrogen and oxygen atoms in total. The van der Waals surface area contributed by atoms with E-state index in [-0.39, 0.29) is 5.75 Å². The molecule has 0 atom stereocenters. The summed E-state index contributed by atoms with van der Waals surface area (Å²) in [6, 6.07) is 19.1. The zero-order valence-corrected chi connectivity index (χ0v) is 13.7. The van der Waals surface area contributed by atoms with Gasteiger partial charge in [-0.2, -0.15) is 0 Å². The molecule has 0 bridgehead atoms. The number of aryl methyl sites for hydroxylation is 1. The van der Waals surface area contributed by atoms with Crippen LogP contribution in [0, 0.1) is 6.92 Å². The van der Waals surface area contributed by atoms with Gasteiger partial charge in [-0.1, -0.05) is 36.4 Å². The van der Waals surface area contributed by atoms with E-state index >= 15 is 0 Å². The quantitative estimate of drug-likeness (QED) is 0.540. The Labute approximate surface area is 144 Å². The van der Waals surface area contributed by atoms with Gasteiger partial charge in [0.15, 0.2) is 0 Å². The molecule has 0 spiro atoms. The molecule has 4 aromatic rings. The largest absolute Gasteiger partial charge is 0.508 e. The maximum atomic E-state index is 11.9. The fraction of sp³-hybridized carbons (Fsp3) is 0.0952. The first-order valence-corrected chi connectivity index (χ1v) is 8.10. The molecular formula is C21H17NO3. The molecule has 0 aliphatic rings. The number of hydrogen-bond donors (Lipinski definition) is 2. The normalized spacial score (nSPS) is 11.1. The SMILES string of the molecule is Cc1c(O)ccc2c(CNc3cccc4ccccc34)cc(=O)oc12. The molecular weight excluding hydrogens is 314 g/mol. The lowest BCUT2D eigenvalue weighted by Crippen LogP contribution is -2.06. The van der Waals surface area contributed by atoms with Crippen LogP contribution < -0.4 is 10.9 Å². The van der Waals surface area contributed by atoms with Gasteiger partial charge in [-0.05, 0) is 36.1 Å². The number of phenolic OH excluding ortho intramolecular Hbond substituents is 1. The summed E-state index contributed by atoms with van der Waals surface area (Å²) >= 11 is 0. The Kier molecular flexibility index (Phi) is 3.65. The van der Waals surface area contributed by atoms with Crippen molar-refractivity contribution in [2.24, 2.45) is 0 Å². The Morgan fingerprint density at radius 2 is 1.80 bits per heavy atom. The minimum Gasteiger partial charge on any atom is -0.508 e. The number of nitrogens with one attached hydrogen (secondary N) is 1. The van der Waals surface area contributed by atoms with Gasteiger partial charge in [0.05, 0.1) is 0 Å². The predicted molar refractivity (Wildman–Crippen MR) is 100 cm³/mol. The second-order valence-corrected chi connectivity index (χ2v) is 6.06. The Morgan fingerprint density at radius 3 is 2.68 bits per heavy atom. The Balaban J connectivity index is 1.76. The van der Waals surface area contributed by atoms with Gasteiger partial charge in [-0.25, -0.2) is 4.79 Å². The Morgan fingerprint density at radius 1 is 1.00 bits per heavy atom. The fourth-order valence-electron chi connectivity index (χ4n) is 3.13. The second-order valence-electron chi connectivity index (χ2n) is 6.06. The summed E-state index contributed by atoms with van der Waals surface area (Å²) in [5.74, 6) is 0.120. The molecule has 25 heavy (non-hydrogen) atoms. The number of rotatable bonds is 3. The summed E-state index contributed by atoms with van der Waals surface area (Å²) in [5.41, 5.74) is 2.43. The molecule has 4 rings (SSSR count). The van der Waals surface area contributed by atoms with Crippen LogP contribution >= 0.6 is 0 Å². The summed E-state index contributed by atoms with van der Waals surface area (Å²) in [7, 11) is 0. The number of phenols is 1. The van der Waals surface area contributed by atoms with Gasteiger partial charge in [0.1, 0.15) is 11.3 Å². The summed E-state index contributed by atoms with van der Waals surface area (Å²) in [5, 5.41) is 16.4. The molecule has 2 N–H and O–H groups in total. The minimum absolute atomic E-state index is 0.120. The van der Waals surface area contributed by atoms with Crippen molar-refractivity contribution >= 4 is 27.4 Å². The van der Waals surface area contributed by atoms with E-state index in [1.807, 2.05) is 24.3 Å². The van der Waals surface area contributed by atoms with Crippen LogP contribution in [0.3, 0.4) is 0 Å². The third-order valence-electron chi connectivity index (χ3n) is 4.48. The molecule has 0 aliphatic carbocycles. The molecule has 0 unspecified atom stereocenters. The molecule has 1 heterocycles. The number of fused-ring (bicyclic) bond motifs is 2. The zero-order valence-electron chi connectivity index (χ0n) is 13.7. The average Bonchev–Trinajstić information content (AvgIpc) is 2.63. The maximum Gasteiger partial charge on any atom is 0.336 e. The highest BCUT2D eigenvalue weighted by molar-refractivity contribution is 5.94. The van der Waals surface area contributed by atoms with Crippen molar-refractivity contribution in [3.8, 4) is 5.75 Å². The molecule has 0 aliphatic heterocycles. The molecule has 0 amide bonds. The van der Waals surface area contributed by atoms with Gasteiger partial charge in [0.2, 0.25) is 0 Å². The van der Waals surface area contributed by atoms with Crippen molar-refractivity contribution in [3.05, 3.63) is 82.2 Å². The average molecular weight is 331 g/mol. The second kappa shape index (κ2) is 5.98. The van der Waals surface area contributed by atoms with Crippen LogP contribution in [0.5, 0.6) is 5.75 Å². The third kappa shape index (κ3) is 2.72. The van der Waals surface area contributed by atoms with Gasteiger partial charge >= 0.3 is 5.63 Å². The van der Waals surface area contributed by atoms with Gasteiger partial charge in [-0.3, -0.25) is 0 Å². The third-order valence-corrected chi connectivity index (χ3v) is 4.48. The Bertz CT molecular complexity index is 1140. The van der Waals surface area contributed by atoms with Crippen LogP contribution in [0.4, 0.5) is 5.69 Å². The highest BCUT2D eigenvalue weighted by Gasteiger charge is 2.11. The summed E-state index contributed by atoms with van der Waals surface area (Å²) in [6.45, 7) is 2.23. The maximum absolute atomic E-state index is 11.9. The summed E-state index contributed by atoms with van der Waals surface area (Å²) in [4.78, 5) is 11.9. The van der Waals surface area contributed by atoms with Crippen LogP contribution in [-0.4, -0.2) is 5.11 Å². The molecule has 4 heteroatoms. The summed E-state index contributed by atoms with van der Waals surface area (Å²) < 4.78 is 5.29. The Hall–Kier alpha value is -3.27. The van der Waals surface area contributed by atoms with E-state index in [0.717, 1.165) is 27.4 Å². The number of aromatic hydroxyl groups is 1. The number of benzene rings is 3. The van der Waals surface area contributed by atoms with Gasteiger partial charge in [0.25, 0.3) is 0 Å². The lowest BCUT2D eigenvalue weighted by molar-refractivity contribution is 0.468. The molecule has 3 aromatic carbocycles. The van der Waals surface area contributed by atoms with Gasteiger partial charge < -0.3 is 14.8 Å². The van der Waals surface area contributed by atoms with Crippen molar-refractivity contribution in [2.75, 3.05) is 5.32 Å². The van der Waals surface area contributed by atoms with Crippen molar-refractivity contribution in [2.45, 2.75) is 13.5 Å². The van der Waals surface area contributed by atoms with E-state index in [2.05, 4.69) is 23.5 Å². The zero-order chi connectivity index (χ0) is 17.4. The predicted octanol–water partition coefficient (Wildman–Crippen LogP) is 4.57. The molecule has 0 saturated heterocycles. The van der Waals surface area contributed by atoms with E-state index < -0.39 is 5.63 Å². The molecule has 0 radical (unpaired) electrons. The standard InChI is InChI=1S/C21H17NO3/c1-13-19(23)10-9-17-15(11-20(24)25-21(13)17)12-22-18-8-4-6-14-5-2-3-7-16(14)18/h2-11,22-23H,12H2,1H3. The van der Waals surface area contributed by atoms with Crippen molar-refractivity contribution in [1.29, 1.82) is 0 Å². The topological polar surface area (TPSA) is 62.5 Å². The first-order valence-electron chi connectivity index (χ1n) is 8.10. The van der Waals surface area contributed by atoms with Crippen LogP contribution in [-0.2, 0) is 6.54 Å². The number of anilines is 1. The van der Waals surface area contributed by atoms with Crippen molar-refractivity contribution in [3.63, 3.8) is 0 Å². The molecule has 0 saturated carbocycles. The van der Waals surface area contributed by atoms with E-state index in [4.69, 9.17) is 4.42 Å². The van der Waals surface area contributed by atoms with Crippen molar-refractivity contribution < 1.29 is 9.52 Å².